The Kier molecular flexibility index (Phi) is 51.7. The van der Waals surface area contributed by atoms with E-state index in [1.165, 1.54) is 0 Å². The van der Waals surface area contributed by atoms with Gasteiger partial charge in [0.05, 0.1) is 0 Å². The molecular formula is H9BCaMgO4. The molecule has 0 unspecified atom stereocenters. The van der Waals surface area contributed by atoms with E-state index in [1.807, 2.05) is 0 Å². The maximum atomic E-state index is 7.17. The van der Waals surface area contributed by atoms with Crippen LogP contribution in [0.15, 0.2) is 0 Å². The first-order valence-corrected chi connectivity index (χ1v) is 0.775. The third kappa shape index (κ3) is 74.8. The summed E-state index contributed by atoms with van der Waals surface area (Å²) in [7, 11) is -2.17. The van der Waals surface area contributed by atoms with E-state index < -0.39 is 7.32 Å². The Hall–Kier alpha value is 1.93. The van der Waals surface area contributed by atoms with Gasteiger partial charge in [0.2, 0.25) is 0 Å². The molecule has 0 bridgehead atoms. The van der Waals surface area contributed by atoms with Crippen LogP contribution in [0.2, 0.25) is 0 Å². The van der Waals surface area contributed by atoms with Crippen molar-refractivity contribution in [3.8, 4) is 0 Å². The van der Waals surface area contributed by atoms with Gasteiger partial charge in [0.25, 0.3) is 0 Å². The summed E-state index contributed by atoms with van der Waals surface area (Å²) in [6, 6.07) is 0. The van der Waals surface area contributed by atoms with Gasteiger partial charge in [0, 0.05) is 0 Å². The van der Waals surface area contributed by atoms with Gasteiger partial charge < -0.3 is 20.5 Å². The monoisotopic (exact) mass is 148 g/mol. The zero-order valence-electron chi connectivity index (χ0n) is 2.42. The van der Waals surface area contributed by atoms with E-state index in [4.69, 9.17) is 15.1 Å². The van der Waals surface area contributed by atoms with Gasteiger partial charge in [-0.2, -0.15) is 0 Å². The smallest absolute Gasteiger partial charge is 0.316 e. The molecule has 4 nitrogen and oxygen atoms in total. The van der Waals surface area contributed by atoms with Crippen molar-refractivity contribution >= 4 is 68.1 Å². The van der Waals surface area contributed by atoms with Crippen LogP contribution in [0.3, 0.4) is 0 Å². The maximum absolute atomic E-state index is 7.17. The van der Waals surface area contributed by atoms with Crippen molar-refractivity contribution in [1.82, 2.24) is 0 Å². The predicted octanol–water partition coefficient (Wildman–Crippen LogP) is -4.71. The molecule has 0 aliphatic heterocycles. The Balaban J connectivity index is -0.0000000150. The molecule has 0 amide bonds. The molecule has 0 heterocycles. The van der Waals surface area contributed by atoms with Gasteiger partial charge in [-0.1, -0.05) is 0 Å². The zero-order valence-corrected chi connectivity index (χ0v) is 2.42. The summed E-state index contributed by atoms with van der Waals surface area (Å²) in [6.45, 7) is 0. The van der Waals surface area contributed by atoms with Crippen LogP contribution in [0.25, 0.3) is 0 Å². The fourth-order valence-electron chi connectivity index (χ4n) is 0. The predicted molar refractivity (Wildman–Crippen MR) is 33.1 cm³/mol. The van der Waals surface area contributed by atoms with Crippen molar-refractivity contribution in [2.24, 2.45) is 0 Å². The largest absolute Gasteiger partial charge is 0.316 e. The Bertz CT molecular complexity index is 16.4. The van der Waals surface area contributed by atoms with E-state index in [-0.39, 0.29) is 66.3 Å². The van der Waals surface area contributed by atoms with Crippen LogP contribution >= 0.6 is 0 Å². The number of rotatable bonds is 0. The summed E-state index contributed by atoms with van der Waals surface area (Å²) < 4.78 is 0. The Morgan fingerprint density at radius 3 is 1.00 bits per heavy atom. The number of hydrogen-bond donors (Lipinski definition) is 3. The summed E-state index contributed by atoms with van der Waals surface area (Å²) in [5.41, 5.74) is 0. The van der Waals surface area contributed by atoms with Gasteiger partial charge in [-0.25, -0.2) is 0 Å². The minimum absolute atomic E-state index is 0. The molecular weight excluding hydrogens is 139 g/mol. The summed E-state index contributed by atoms with van der Waals surface area (Å²) in [6.07, 6.45) is 0. The molecule has 7 heavy (non-hydrogen) atoms. The van der Waals surface area contributed by atoms with Gasteiger partial charge in [0.1, 0.15) is 0 Å². The molecule has 0 aromatic carbocycles. The van der Waals surface area contributed by atoms with Crippen LogP contribution in [-0.4, -0.2) is 88.7 Å². The number of hydrogen-bond acceptors (Lipinski definition) is 3. The van der Waals surface area contributed by atoms with Crippen LogP contribution in [0.5, 0.6) is 0 Å². The van der Waals surface area contributed by atoms with Crippen molar-refractivity contribution in [2.45, 2.75) is 0 Å². The molecule has 40 valence electrons. The average Bonchev–Trinajstić information content (AvgIpc) is 0.811. The Morgan fingerprint density at radius 1 is 1.00 bits per heavy atom. The van der Waals surface area contributed by atoms with Crippen molar-refractivity contribution in [1.29, 1.82) is 0 Å². The van der Waals surface area contributed by atoms with Gasteiger partial charge in [0.15, 0.2) is 0 Å². The van der Waals surface area contributed by atoms with Gasteiger partial charge >= 0.3 is 68.1 Å². The molecule has 0 atom stereocenters. The molecule has 0 spiro atoms. The molecule has 0 fully saturated rings. The Morgan fingerprint density at radius 2 is 1.00 bits per heavy atom. The van der Waals surface area contributed by atoms with E-state index in [1.54, 1.807) is 0 Å². The quantitative estimate of drug-likeness (QED) is 0.301. The second-order valence-corrected chi connectivity index (χ2v) is 0.346. The van der Waals surface area contributed by atoms with Gasteiger partial charge in [-0.05, 0) is 0 Å². The van der Waals surface area contributed by atoms with Gasteiger partial charge in [-0.3, -0.25) is 0 Å². The van der Waals surface area contributed by atoms with Crippen LogP contribution < -0.4 is 0 Å². The minimum atomic E-state index is -2.17. The van der Waals surface area contributed by atoms with E-state index in [0.29, 0.717) is 0 Å². The molecule has 0 saturated heterocycles. The fraction of sp³-hybridized carbons (Fsp3) is 0. The fourth-order valence-corrected chi connectivity index (χ4v) is 0. The third-order valence-corrected chi connectivity index (χ3v) is 0. The summed E-state index contributed by atoms with van der Waals surface area (Å²) in [5, 5.41) is 21.5. The molecule has 0 aliphatic carbocycles. The van der Waals surface area contributed by atoms with E-state index in [9.17, 15) is 0 Å². The van der Waals surface area contributed by atoms with Crippen LogP contribution in [-0.2, 0) is 0 Å². The molecule has 0 radical (unpaired) electrons. The standard InChI is InChI=1S/BH3O3.Ca.Mg.H2O.4H/c2-1(3)4;;;;;;;/h2-4H;;;1H2;;;;. The summed E-state index contributed by atoms with van der Waals surface area (Å²) >= 11 is 0. The topological polar surface area (TPSA) is 92.2 Å². The van der Waals surface area contributed by atoms with Gasteiger partial charge in [-0.15, -0.1) is 0 Å². The normalized spacial score (nSPS) is 3.86. The van der Waals surface area contributed by atoms with Crippen molar-refractivity contribution in [2.75, 3.05) is 0 Å². The minimum Gasteiger partial charge on any atom is 0.316 e. The molecule has 0 saturated carbocycles. The van der Waals surface area contributed by atoms with Crippen LogP contribution in [0.4, 0.5) is 0 Å². The second kappa shape index (κ2) is 15.7. The molecule has 0 rings (SSSR count). The average molecular weight is 148 g/mol. The van der Waals surface area contributed by atoms with Crippen molar-refractivity contribution in [3.05, 3.63) is 0 Å². The first-order chi connectivity index (χ1) is 1.73. The van der Waals surface area contributed by atoms with Crippen molar-refractivity contribution in [3.63, 3.8) is 0 Å². The summed E-state index contributed by atoms with van der Waals surface area (Å²) in [5.74, 6) is 0. The first-order valence-electron chi connectivity index (χ1n) is 0.775. The third-order valence-electron chi connectivity index (χ3n) is 0. The zero-order chi connectivity index (χ0) is 3.58. The molecule has 5 N–H and O–H groups in total. The SMILES string of the molecule is O.OB(O)O.[CaH2].[MgH2]. The summed E-state index contributed by atoms with van der Waals surface area (Å²) in [4.78, 5) is 0. The molecule has 7 heteroatoms. The van der Waals surface area contributed by atoms with E-state index >= 15 is 0 Å². The first kappa shape index (κ1) is 23.1. The second-order valence-electron chi connectivity index (χ2n) is 0.346. The van der Waals surface area contributed by atoms with Crippen LogP contribution in [0, 0.1) is 0 Å². The Labute approximate surface area is 87.6 Å². The molecule has 0 aromatic rings. The maximum Gasteiger partial charge on any atom is 0.316 e. The van der Waals surface area contributed by atoms with Crippen LogP contribution in [0.1, 0.15) is 0 Å². The molecule has 0 aromatic heterocycles. The van der Waals surface area contributed by atoms with E-state index in [0.717, 1.165) is 0 Å². The van der Waals surface area contributed by atoms with E-state index in [2.05, 4.69) is 0 Å². The van der Waals surface area contributed by atoms with Crippen molar-refractivity contribution < 1.29 is 20.5 Å². The molecule has 0 aliphatic rings.